The Morgan fingerprint density at radius 2 is 1.76 bits per heavy atom. The first kappa shape index (κ1) is 19.9. The summed E-state index contributed by atoms with van der Waals surface area (Å²) in [4.78, 5) is 2.44. The Morgan fingerprint density at radius 1 is 0.966 bits per heavy atom. The molecule has 1 atom stereocenters. The van der Waals surface area contributed by atoms with Gasteiger partial charge >= 0.3 is 0 Å². The molecular weight excluding hydrogens is 364 g/mol. The second-order valence-electron chi connectivity index (χ2n) is 7.97. The van der Waals surface area contributed by atoms with E-state index in [1.165, 1.54) is 24.1 Å². The maximum Gasteiger partial charge on any atom is 0.163 e. The highest BCUT2D eigenvalue weighted by Gasteiger charge is 2.23. The van der Waals surface area contributed by atoms with Gasteiger partial charge in [0.1, 0.15) is 5.75 Å². The number of ether oxygens (including phenoxy) is 3. The Hall–Kier alpha value is -2.40. The second-order valence-corrected chi connectivity index (χ2v) is 7.97. The van der Waals surface area contributed by atoms with Crippen molar-refractivity contribution in [3.8, 4) is 17.2 Å². The average molecular weight is 397 g/mol. The Morgan fingerprint density at radius 3 is 2.55 bits per heavy atom. The van der Waals surface area contributed by atoms with Crippen LogP contribution >= 0.6 is 0 Å². The standard InChI is InChI=1S/C24H32N2O3/c1-27-22-10-6-3-7-18(22)15-19-17-26(14-13-25-19)20-11-12-23(28-2)24(16-20)29-21-8-4-5-9-21/h3,6-7,10-12,16,19,21,25H,4-5,8-9,13-15,17H2,1-2H3. The molecule has 5 nitrogen and oxygen atoms in total. The van der Waals surface area contributed by atoms with Crippen molar-refractivity contribution in [2.45, 2.75) is 44.2 Å². The van der Waals surface area contributed by atoms with E-state index in [2.05, 4.69) is 34.5 Å². The highest BCUT2D eigenvalue weighted by Crippen LogP contribution is 2.35. The summed E-state index contributed by atoms with van der Waals surface area (Å²) in [5.41, 5.74) is 2.44. The molecule has 2 fully saturated rings. The number of hydrogen-bond acceptors (Lipinski definition) is 5. The van der Waals surface area contributed by atoms with Crippen LogP contribution in [0.25, 0.3) is 0 Å². The number of rotatable bonds is 7. The van der Waals surface area contributed by atoms with Gasteiger partial charge in [-0.3, -0.25) is 0 Å². The highest BCUT2D eigenvalue weighted by molar-refractivity contribution is 5.57. The van der Waals surface area contributed by atoms with Crippen LogP contribution in [-0.4, -0.2) is 46.0 Å². The maximum atomic E-state index is 6.30. The molecule has 1 N–H and O–H groups in total. The quantitative estimate of drug-likeness (QED) is 0.765. The first-order valence-corrected chi connectivity index (χ1v) is 10.7. The van der Waals surface area contributed by atoms with Crippen molar-refractivity contribution in [3.05, 3.63) is 48.0 Å². The minimum atomic E-state index is 0.320. The van der Waals surface area contributed by atoms with Crippen LogP contribution < -0.4 is 24.4 Å². The van der Waals surface area contributed by atoms with Crippen LogP contribution in [0, 0.1) is 0 Å². The molecule has 29 heavy (non-hydrogen) atoms. The molecule has 0 bridgehead atoms. The van der Waals surface area contributed by atoms with Gasteiger partial charge < -0.3 is 24.4 Å². The zero-order valence-corrected chi connectivity index (χ0v) is 17.5. The molecule has 0 spiro atoms. The van der Waals surface area contributed by atoms with Crippen molar-refractivity contribution in [2.24, 2.45) is 0 Å². The summed E-state index contributed by atoms with van der Waals surface area (Å²) in [6.45, 7) is 2.90. The van der Waals surface area contributed by atoms with E-state index in [1.54, 1.807) is 14.2 Å². The molecule has 2 aromatic rings. The molecular formula is C24H32N2O3. The summed E-state index contributed by atoms with van der Waals surface area (Å²) in [5.74, 6) is 2.65. The number of piperazine rings is 1. The Labute approximate surface area is 174 Å². The van der Waals surface area contributed by atoms with Crippen molar-refractivity contribution in [1.29, 1.82) is 0 Å². The van der Waals surface area contributed by atoms with Gasteiger partial charge in [-0.05, 0) is 55.9 Å². The number of para-hydroxylation sites is 1. The highest BCUT2D eigenvalue weighted by atomic mass is 16.5. The van der Waals surface area contributed by atoms with E-state index in [9.17, 15) is 0 Å². The second kappa shape index (κ2) is 9.40. The average Bonchev–Trinajstić information content (AvgIpc) is 3.27. The lowest BCUT2D eigenvalue weighted by Gasteiger charge is -2.36. The zero-order valence-electron chi connectivity index (χ0n) is 17.5. The number of hydrogen-bond donors (Lipinski definition) is 1. The molecule has 2 aromatic carbocycles. The lowest BCUT2D eigenvalue weighted by atomic mass is 10.0. The molecule has 1 unspecified atom stereocenters. The molecule has 1 aliphatic carbocycles. The van der Waals surface area contributed by atoms with Crippen LogP contribution in [0.5, 0.6) is 17.2 Å². The van der Waals surface area contributed by atoms with Crippen molar-refractivity contribution < 1.29 is 14.2 Å². The monoisotopic (exact) mass is 396 g/mol. The van der Waals surface area contributed by atoms with Crippen molar-refractivity contribution >= 4 is 5.69 Å². The third-order valence-electron chi connectivity index (χ3n) is 6.02. The largest absolute Gasteiger partial charge is 0.496 e. The third-order valence-corrected chi connectivity index (χ3v) is 6.02. The van der Waals surface area contributed by atoms with Crippen LogP contribution in [0.3, 0.4) is 0 Å². The normalized spacial score (nSPS) is 19.9. The van der Waals surface area contributed by atoms with Crippen LogP contribution in [0.2, 0.25) is 0 Å². The molecule has 0 amide bonds. The van der Waals surface area contributed by atoms with E-state index in [1.807, 2.05) is 18.2 Å². The molecule has 1 heterocycles. The predicted octanol–water partition coefficient (Wildman–Crippen LogP) is 4.05. The number of nitrogens with one attached hydrogen (secondary N) is 1. The van der Waals surface area contributed by atoms with E-state index in [4.69, 9.17) is 14.2 Å². The topological polar surface area (TPSA) is 43.0 Å². The fourth-order valence-electron chi connectivity index (χ4n) is 4.47. The maximum absolute atomic E-state index is 6.30. The van der Waals surface area contributed by atoms with Gasteiger partial charge in [0, 0.05) is 37.4 Å². The van der Waals surface area contributed by atoms with Gasteiger partial charge in [-0.15, -0.1) is 0 Å². The van der Waals surface area contributed by atoms with Crippen molar-refractivity contribution in [3.63, 3.8) is 0 Å². The van der Waals surface area contributed by atoms with Gasteiger partial charge in [-0.25, -0.2) is 0 Å². The van der Waals surface area contributed by atoms with E-state index in [-0.39, 0.29) is 0 Å². The van der Waals surface area contributed by atoms with Crippen LogP contribution in [0.4, 0.5) is 5.69 Å². The Bertz CT molecular complexity index is 804. The van der Waals surface area contributed by atoms with Gasteiger partial charge in [-0.2, -0.15) is 0 Å². The van der Waals surface area contributed by atoms with E-state index >= 15 is 0 Å². The molecule has 0 radical (unpaired) electrons. The van der Waals surface area contributed by atoms with E-state index in [0.717, 1.165) is 56.1 Å². The molecule has 5 heteroatoms. The first-order chi connectivity index (χ1) is 14.3. The van der Waals surface area contributed by atoms with Crippen molar-refractivity contribution in [1.82, 2.24) is 5.32 Å². The van der Waals surface area contributed by atoms with Gasteiger partial charge in [0.05, 0.1) is 20.3 Å². The number of anilines is 1. The molecule has 1 aliphatic heterocycles. The fourth-order valence-corrected chi connectivity index (χ4v) is 4.47. The first-order valence-electron chi connectivity index (χ1n) is 10.7. The summed E-state index contributed by atoms with van der Waals surface area (Å²) < 4.78 is 17.4. The lowest BCUT2D eigenvalue weighted by Crippen LogP contribution is -2.51. The summed E-state index contributed by atoms with van der Waals surface area (Å²) in [6, 6.07) is 15.0. The Balaban J connectivity index is 1.47. The molecule has 156 valence electrons. The molecule has 1 saturated carbocycles. The minimum Gasteiger partial charge on any atom is -0.496 e. The smallest absolute Gasteiger partial charge is 0.163 e. The van der Waals surface area contributed by atoms with Gasteiger partial charge in [0.15, 0.2) is 11.5 Å². The number of methoxy groups -OCH3 is 2. The van der Waals surface area contributed by atoms with Crippen molar-refractivity contribution in [2.75, 3.05) is 38.8 Å². The Kier molecular flexibility index (Phi) is 6.45. The predicted molar refractivity (Wildman–Crippen MR) is 117 cm³/mol. The lowest BCUT2D eigenvalue weighted by molar-refractivity contribution is 0.201. The third kappa shape index (κ3) is 4.78. The SMILES string of the molecule is COc1ccccc1CC1CN(c2ccc(OC)c(OC3CCCC3)c2)CCN1. The van der Waals surface area contributed by atoms with Gasteiger partial charge in [0.2, 0.25) is 0 Å². The summed E-state index contributed by atoms with van der Waals surface area (Å²) in [6.07, 6.45) is 6.07. The van der Waals surface area contributed by atoms with E-state index < -0.39 is 0 Å². The van der Waals surface area contributed by atoms with Crippen LogP contribution in [0.15, 0.2) is 42.5 Å². The fraction of sp³-hybridized carbons (Fsp3) is 0.500. The summed E-state index contributed by atoms with van der Waals surface area (Å²) in [7, 11) is 3.45. The van der Waals surface area contributed by atoms with E-state index in [0.29, 0.717) is 12.1 Å². The summed E-state index contributed by atoms with van der Waals surface area (Å²) in [5, 5.41) is 3.66. The molecule has 4 rings (SSSR count). The minimum absolute atomic E-state index is 0.320. The molecule has 0 aromatic heterocycles. The van der Waals surface area contributed by atoms with Gasteiger partial charge in [-0.1, -0.05) is 18.2 Å². The summed E-state index contributed by atoms with van der Waals surface area (Å²) >= 11 is 0. The number of benzene rings is 2. The van der Waals surface area contributed by atoms with Gasteiger partial charge in [0.25, 0.3) is 0 Å². The molecule has 1 saturated heterocycles. The number of nitrogens with zero attached hydrogens (tertiary/aromatic N) is 1. The molecule has 2 aliphatic rings. The van der Waals surface area contributed by atoms with Crippen LogP contribution in [-0.2, 0) is 6.42 Å². The van der Waals surface area contributed by atoms with Crippen LogP contribution in [0.1, 0.15) is 31.2 Å². The zero-order chi connectivity index (χ0) is 20.1.